The SMILES string of the molecule is O=[N+]([O-])c1c(C(F)(F)F)ccc2c1N(CCCN1CCCC1)c1ccccc1S2. The molecule has 2 aliphatic rings. The van der Waals surface area contributed by atoms with Crippen molar-refractivity contribution in [3.8, 4) is 0 Å². The Kier molecular flexibility index (Phi) is 5.44. The molecule has 0 N–H and O–H groups in total. The Morgan fingerprint density at radius 3 is 2.45 bits per heavy atom. The largest absolute Gasteiger partial charge is 0.423 e. The number of fused-ring (bicyclic) bond motifs is 2. The molecule has 2 heterocycles. The van der Waals surface area contributed by atoms with Crippen molar-refractivity contribution >= 4 is 28.8 Å². The number of anilines is 2. The summed E-state index contributed by atoms with van der Waals surface area (Å²) in [7, 11) is 0. The number of halogens is 3. The van der Waals surface area contributed by atoms with Crippen LogP contribution in [0.25, 0.3) is 0 Å². The van der Waals surface area contributed by atoms with E-state index in [1.807, 2.05) is 18.2 Å². The summed E-state index contributed by atoms with van der Waals surface area (Å²) in [5, 5.41) is 11.7. The Balaban J connectivity index is 1.76. The normalized spacial score (nSPS) is 16.6. The highest BCUT2D eigenvalue weighted by Crippen LogP contribution is 2.54. The molecule has 0 aromatic heterocycles. The average molecular weight is 423 g/mol. The summed E-state index contributed by atoms with van der Waals surface area (Å²) in [6, 6.07) is 9.53. The molecule has 0 bridgehead atoms. The molecule has 0 saturated carbocycles. The smallest absolute Gasteiger partial charge is 0.334 e. The van der Waals surface area contributed by atoms with Gasteiger partial charge in [-0.05, 0) is 63.2 Å². The van der Waals surface area contributed by atoms with Gasteiger partial charge in [0.1, 0.15) is 11.3 Å². The Morgan fingerprint density at radius 2 is 1.76 bits per heavy atom. The Labute approximate surface area is 170 Å². The molecule has 0 spiro atoms. The minimum Gasteiger partial charge on any atom is -0.334 e. The highest BCUT2D eigenvalue weighted by Gasteiger charge is 2.43. The van der Waals surface area contributed by atoms with Crippen LogP contribution < -0.4 is 4.90 Å². The molecule has 2 aliphatic heterocycles. The molecule has 0 radical (unpaired) electrons. The lowest BCUT2D eigenvalue weighted by Crippen LogP contribution is -2.28. The molecule has 5 nitrogen and oxygen atoms in total. The fourth-order valence-corrected chi connectivity index (χ4v) is 5.12. The zero-order chi connectivity index (χ0) is 20.6. The zero-order valence-electron chi connectivity index (χ0n) is 15.6. The van der Waals surface area contributed by atoms with E-state index in [4.69, 9.17) is 0 Å². The van der Waals surface area contributed by atoms with E-state index in [0.717, 1.165) is 43.4 Å². The number of hydrogen-bond donors (Lipinski definition) is 0. The molecule has 1 saturated heterocycles. The van der Waals surface area contributed by atoms with Crippen molar-refractivity contribution in [2.75, 3.05) is 31.1 Å². The van der Waals surface area contributed by atoms with E-state index in [1.165, 1.54) is 17.8 Å². The third kappa shape index (κ3) is 3.93. The van der Waals surface area contributed by atoms with Gasteiger partial charge in [-0.1, -0.05) is 23.9 Å². The van der Waals surface area contributed by atoms with Gasteiger partial charge in [0.15, 0.2) is 0 Å². The summed E-state index contributed by atoms with van der Waals surface area (Å²) >= 11 is 1.27. The van der Waals surface area contributed by atoms with Gasteiger partial charge < -0.3 is 9.80 Å². The third-order valence-electron chi connectivity index (χ3n) is 5.30. The van der Waals surface area contributed by atoms with Gasteiger partial charge in [0.2, 0.25) is 0 Å². The highest BCUT2D eigenvalue weighted by atomic mass is 32.2. The molecule has 0 atom stereocenters. The highest BCUT2D eigenvalue weighted by molar-refractivity contribution is 7.99. The van der Waals surface area contributed by atoms with Crippen LogP contribution in [0.1, 0.15) is 24.8 Å². The van der Waals surface area contributed by atoms with Gasteiger partial charge in [-0.3, -0.25) is 10.1 Å². The Bertz CT molecular complexity index is 930. The van der Waals surface area contributed by atoms with Gasteiger partial charge >= 0.3 is 11.9 Å². The summed E-state index contributed by atoms with van der Waals surface area (Å²) in [6.07, 6.45) is -1.76. The van der Waals surface area contributed by atoms with Gasteiger partial charge in [-0.25, -0.2) is 0 Å². The Morgan fingerprint density at radius 1 is 1.03 bits per heavy atom. The first-order chi connectivity index (χ1) is 13.9. The predicted octanol–water partition coefficient (Wildman–Crippen LogP) is 5.70. The van der Waals surface area contributed by atoms with Gasteiger partial charge in [-0.2, -0.15) is 13.2 Å². The van der Waals surface area contributed by atoms with Crippen molar-refractivity contribution in [3.63, 3.8) is 0 Å². The summed E-state index contributed by atoms with van der Waals surface area (Å²) in [6.45, 7) is 3.31. The van der Waals surface area contributed by atoms with Crippen LogP contribution in [0.15, 0.2) is 46.2 Å². The molecule has 1 fully saturated rings. The van der Waals surface area contributed by atoms with Crippen LogP contribution in [-0.4, -0.2) is 36.0 Å². The quantitative estimate of drug-likeness (QED) is 0.456. The number of benzene rings is 2. The molecular weight excluding hydrogens is 403 g/mol. The lowest BCUT2D eigenvalue weighted by atomic mass is 10.1. The third-order valence-corrected chi connectivity index (χ3v) is 6.42. The monoisotopic (exact) mass is 423 g/mol. The van der Waals surface area contributed by atoms with Crippen molar-refractivity contribution in [1.29, 1.82) is 0 Å². The first-order valence-corrected chi connectivity index (χ1v) is 10.3. The second-order valence-corrected chi connectivity index (χ2v) is 8.27. The molecule has 2 aromatic carbocycles. The number of para-hydroxylation sites is 1. The topological polar surface area (TPSA) is 49.6 Å². The second-order valence-electron chi connectivity index (χ2n) is 7.19. The van der Waals surface area contributed by atoms with Crippen LogP contribution in [0.2, 0.25) is 0 Å². The fraction of sp³-hybridized carbons (Fsp3) is 0.400. The maximum Gasteiger partial charge on any atom is 0.423 e. The predicted molar refractivity (Wildman–Crippen MR) is 106 cm³/mol. The average Bonchev–Trinajstić information content (AvgIpc) is 3.19. The van der Waals surface area contributed by atoms with Crippen LogP contribution in [0, 0.1) is 10.1 Å². The van der Waals surface area contributed by atoms with Crippen molar-refractivity contribution in [3.05, 3.63) is 52.1 Å². The minimum atomic E-state index is -4.79. The van der Waals surface area contributed by atoms with E-state index >= 15 is 0 Å². The Hall–Kier alpha value is -2.26. The molecule has 2 aromatic rings. The molecule has 9 heteroatoms. The second kappa shape index (κ2) is 7.87. The van der Waals surface area contributed by atoms with Crippen LogP contribution in [0.3, 0.4) is 0 Å². The summed E-state index contributed by atoms with van der Waals surface area (Å²) in [5.41, 5.74) is -1.30. The molecule has 154 valence electrons. The minimum absolute atomic E-state index is 0.0509. The van der Waals surface area contributed by atoms with E-state index in [1.54, 1.807) is 11.0 Å². The van der Waals surface area contributed by atoms with Crippen LogP contribution in [-0.2, 0) is 6.18 Å². The van der Waals surface area contributed by atoms with E-state index in [-0.39, 0.29) is 5.69 Å². The lowest BCUT2D eigenvalue weighted by Gasteiger charge is -2.33. The fourth-order valence-electron chi connectivity index (χ4n) is 4.01. The standard InChI is InChI=1S/C20H20F3N3O2S/c21-20(22,23)14-8-9-17-19(18(14)26(27)28)25(13-5-12-24-10-3-4-11-24)15-6-1-2-7-16(15)29-17/h1-2,6-9H,3-5,10-13H2. The number of nitro benzene ring substituents is 1. The van der Waals surface area contributed by atoms with Gasteiger partial charge in [0, 0.05) is 16.3 Å². The van der Waals surface area contributed by atoms with Gasteiger partial charge in [0.05, 0.1) is 10.6 Å². The molecule has 0 unspecified atom stereocenters. The summed E-state index contributed by atoms with van der Waals surface area (Å²) in [5.74, 6) is 0. The van der Waals surface area contributed by atoms with Crippen LogP contribution in [0.5, 0.6) is 0 Å². The maximum absolute atomic E-state index is 13.5. The van der Waals surface area contributed by atoms with E-state index in [9.17, 15) is 23.3 Å². The molecule has 0 aliphatic carbocycles. The number of likely N-dealkylation sites (tertiary alicyclic amines) is 1. The van der Waals surface area contributed by atoms with Crippen molar-refractivity contribution in [2.24, 2.45) is 0 Å². The first-order valence-electron chi connectivity index (χ1n) is 9.51. The van der Waals surface area contributed by atoms with Gasteiger partial charge in [-0.15, -0.1) is 0 Å². The van der Waals surface area contributed by atoms with E-state index in [2.05, 4.69) is 4.90 Å². The summed E-state index contributed by atoms with van der Waals surface area (Å²) in [4.78, 5) is 16.2. The van der Waals surface area contributed by atoms with Crippen molar-refractivity contribution in [2.45, 2.75) is 35.2 Å². The summed E-state index contributed by atoms with van der Waals surface area (Å²) < 4.78 is 40.6. The lowest BCUT2D eigenvalue weighted by molar-refractivity contribution is -0.387. The number of hydrogen-bond acceptors (Lipinski definition) is 5. The molecule has 29 heavy (non-hydrogen) atoms. The van der Waals surface area contributed by atoms with E-state index in [0.29, 0.717) is 23.5 Å². The van der Waals surface area contributed by atoms with Crippen molar-refractivity contribution < 1.29 is 18.1 Å². The van der Waals surface area contributed by atoms with E-state index < -0.39 is 22.4 Å². The van der Waals surface area contributed by atoms with Crippen LogP contribution >= 0.6 is 11.8 Å². The molecular formula is C20H20F3N3O2S. The number of rotatable bonds is 5. The molecule has 0 amide bonds. The molecule has 4 rings (SSSR count). The first kappa shape index (κ1) is 20.0. The number of nitrogens with zero attached hydrogens (tertiary/aromatic N) is 3. The van der Waals surface area contributed by atoms with Crippen molar-refractivity contribution in [1.82, 2.24) is 4.90 Å². The maximum atomic E-state index is 13.5. The zero-order valence-corrected chi connectivity index (χ0v) is 16.4. The number of nitro groups is 1. The van der Waals surface area contributed by atoms with Crippen LogP contribution in [0.4, 0.5) is 30.2 Å². The van der Waals surface area contributed by atoms with Gasteiger partial charge in [0.25, 0.3) is 0 Å². The number of alkyl halides is 3.